The van der Waals surface area contributed by atoms with E-state index < -0.39 is 5.97 Å². The van der Waals surface area contributed by atoms with E-state index in [4.69, 9.17) is 5.11 Å². The van der Waals surface area contributed by atoms with Crippen LogP contribution in [0.3, 0.4) is 0 Å². The number of likely N-dealkylation sites (N-methyl/N-ethyl adjacent to an activating group) is 1. The quantitative estimate of drug-likeness (QED) is 0.605. The average Bonchev–Trinajstić information content (AvgIpc) is 2.40. The molecule has 21 heavy (non-hydrogen) atoms. The highest BCUT2D eigenvalue weighted by Gasteiger charge is 2.39. The van der Waals surface area contributed by atoms with E-state index in [1.807, 2.05) is 7.05 Å². The lowest BCUT2D eigenvalue weighted by Crippen LogP contribution is -2.47. The number of urea groups is 1. The highest BCUT2D eigenvalue weighted by Crippen LogP contribution is 2.43. The van der Waals surface area contributed by atoms with Gasteiger partial charge < -0.3 is 20.6 Å². The van der Waals surface area contributed by atoms with Crippen LogP contribution in [0.4, 0.5) is 4.79 Å². The minimum atomic E-state index is -0.785. The van der Waals surface area contributed by atoms with Gasteiger partial charge in [-0.15, -0.1) is 0 Å². The smallest absolute Gasteiger partial charge is 0.314 e. The van der Waals surface area contributed by atoms with Gasteiger partial charge in [0.15, 0.2) is 0 Å². The second-order valence-corrected chi connectivity index (χ2v) is 6.27. The highest BCUT2D eigenvalue weighted by molar-refractivity contribution is 5.74. The van der Waals surface area contributed by atoms with Crippen LogP contribution < -0.4 is 10.6 Å². The second-order valence-electron chi connectivity index (χ2n) is 6.27. The first kappa shape index (κ1) is 17.8. The Morgan fingerprint density at radius 1 is 1.33 bits per heavy atom. The van der Waals surface area contributed by atoms with Gasteiger partial charge in [0.25, 0.3) is 0 Å². The van der Waals surface area contributed by atoms with E-state index in [-0.39, 0.29) is 17.9 Å². The van der Waals surface area contributed by atoms with Gasteiger partial charge in [-0.1, -0.05) is 13.3 Å². The lowest BCUT2D eigenvalue weighted by molar-refractivity contribution is -0.141. The predicted molar refractivity (Wildman–Crippen MR) is 82.3 cm³/mol. The summed E-state index contributed by atoms with van der Waals surface area (Å²) < 4.78 is 0. The van der Waals surface area contributed by atoms with Crippen LogP contribution in [0.5, 0.6) is 0 Å². The Morgan fingerprint density at radius 3 is 2.48 bits per heavy atom. The molecule has 6 nitrogen and oxygen atoms in total. The molecule has 3 N–H and O–H groups in total. The lowest BCUT2D eigenvalue weighted by Gasteiger charge is -2.40. The first-order valence-corrected chi connectivity index (χ1v) is 7.82. The highest BCUT2D eigenvalue weighted by atomic mass is 16.4. The number of carboxylic acids is 1. The summed E-state index contributed by atoms with van der Waals surface area (Å²) in [4.78, 5) is 24.8. The van der Waals surface area contributed by atoms with Crippen molar-refractivity contribution in [3.05, 3.63) is 0 Å². The Labute approximate surface area is 127 Å². The molecule has 1 fully saturated rings. The fourth-order valence-corrected chi connectivity index (χ4v) is 2.62. The van der Waals surface area contributed by atoms with E-state index in [0.717, 1.165) is 32.2 Å². The second kappa shape index (κ2) is 8.22. The molecule has 1 aliphatic rings. The van der Waals surface area contributed by atoms with Crippen molar-refractivity contribution < 1.29 is 14.7 Å². The predicted octanol–water partition coefficient (Wildman–Crippen LogP) is 1.66. The summed E-state index contributed by atoms with van der Waals surface area (Å²) in [6.07, 6.45) is 4.05. The van der Waals surface area contributed by atoms with E-state index in [0.29, 0.717) is 19.1 Å². The summed E-state index contributed by atoms with van der Waals surface area (Å²) in [6.45, 7) is 6.15. The molecule has 2 amide bonds. The molecule has 0 aromatic carbocycles. The summed E-state index contributed by atoms with van der Waals surface area (Å²) >= 11 is 0. The van der Waals surface area contributed by atoms with Crippen LogP contribution in [0.2, 0.25) is 0 Å². The number of amides is 2. The van der Waals surface area contributed by atoms with Crippen molar-refractivity contribution in [1.82, 2.24) is 15.5 Å². The Kier molecular flexibility index (Phi) is 6.95. The van der Waals surface area contributed by atoms with Gasteiger partial charge >= 0.3 is 12.0 Å². The molecule has 0 radical (unpaired) electrons. The minimum absolute atomic E-state index is 0.143. The maximum absolute atomic E-state index is 11.7. The van der Waals surface area contributed by atoms with Crippen molar-refractivity contribution in [2.45, 2.75) is 52.0 Å². The van der Waals surface area contributed by atoms with E-state index in [9.17, 15) is 9.59 Å². The van der Waals surface area contributed by atoms with Crippen LogP contribution in [-0.4, -0.2) is 54.7 Å². The van der Waals surface area contributed by atoms with Crippen molar-refractivity contribution in [3.8, 4) is 0 Å². The fraction of sp³-hybridized carbons (Fsp3) is 0.867. The van der Waals surface area contributed by atoms with Crippen molar-refractivity contribution in [1.29, 1.82) is 0 Å². The molecule has 0 saturated heterocycles. The van der Waals surface area contributed by atoms with Crippen LogP contribution >= 0.6 is 0 Å². The van der Waals surface area contributed by atoms with Crippen LogP contribution in [0.15, 0.2) is 0 Å². The van der Waals surface area contributed by atoms with Gasteiger partial charge in [0.05, 0.1) is 6.42 Å². The van der Waals surface area contributed by atoms with Crippen molar-refractivity contribution in [2.75, 3.05) is 26.7 Å². The molecule has 0 heterocycles. The Bertz CT molecular complexity index is 356. The van der Waals surface area contributed by atoms with Gasteiger partial charge in [-0.05, 0) is 38.6 Å². The number of carboxylic acid groups (broad SMARTS) is 1. The van der Waals surface area contributed by atoms with Gasteiger partial charge in [-0.3, -0.25) is 4.79 Å². The molecule has 0 bridgehead atoms. The summed E-state index contributed by atoms with van der Waals surface area (Å²) in [5, 5.41) is 14.6. The minimum Gasteiger partial charge on any atom is -0.481 e. The number of aliphatic carboxylic acids is 1. The fourth-order valence-electron chi connectivity index (χ4n) is 2.62. The number of hydrogen-bond donors (Lipinski definition) is 3. The molecule has 0 aliphatic heterocycles. The topological polar surface area (TPSA) is 81.7 Å². The first-order chi connectivity index (χ1) is 9.88. The van der Waals surface area contributed by atoms with Crippen molar-refractivity contribution >= 4 is 12.0 Å². The zero-order valence-corrected chi connectivity index (χ0v) is 13.4. The molecule has 1 aliphatic carbocycles. The van der Waals surface area contributed by atoms with Crippen LogP contribution in [0.1, 0.15) is 46.0 Å². The molecular formula is C15H29N3O3. The van der Waals surface area contributed by atoms with E-state index >= 15 is 0 Å². The van der Waals surface area contributed by atoms with Crippen molar-refractivity contribution in [2.24, 2.45) is 5.41 Å². The molecule has 6 heteroatoms. The van der Waals surface area contributed by atoms with Crippen molar-refractivity contribution in [3.63, 3.8) is 0 Å². The SMILES string of the molecule is CCC(C)N(C)CCNC(=O)NCC1(CC(=O)O)CCC1. The normalized spacial score (nSPS) is 17.9. The monoisotopic (exact) mass is 299 g/mol. The van der Waals surface area contributed by atoms with E-state index in [1.54, 1.807) is 0 Å². The van der Waals surface area contributed by atoms with Gasteiger partial charge in [-0.2, -0.15) is 0 Å². The average molecular weight is 299 g/mol. The van der Waals surface area contributed by atoms with Crippen LogP contribution in [0.25, 0.3) is 0 Å². The molecule has 122 valence electrons. The zero-order chi connectivity index (χ0) is 15.9. The third-order valence-corrected chi connectivity index (χ3v) is 4.66. The maximum Gasteiger partial charge on any atom is 0.314 e. The summed E-state index contributed by atoms with van der Waals surface area (Å²) in [5.74, 6) is -0.785. The molecule has 0 aromatic rings. The number of nitrogens with one attached hydrogen (secondary N) is 2. The molecule has 1 atom stereocenters. The van der Waals surface area contributed by atoms with E-state index in [1.165, 1.54) is 0 Å². The van der Waals surface area contributed by atoms with Crippen LogP contribution in [-0.2, 0) is 4.79 Å². The Balaban J connectivity index is 2.20. The summed E-state index contributed by atoms with van der Waals surface area (Å²) in [5.41, 5.74) is -0.226. The summed E-state index contributed by atoms with van der Waals surface area (Å²) in [6, 6.07) is 0.299. The molecule has 1 saturated carbocycles. The number of hydrogen-bond acceptors (Lipinski definition) is 3. The number of rotatable bonds is 9. The van der Waals surface area contributed by atoms with E-state index in [2.05, 4.69) is 29.4 Å². The molecule has 0 spiro atoms. The number of nitrogens with zero attached hydrogens (tertiary/aromatic N) is 1. The largest absolute Gasteiger partial charge is 0.481 e. The summed E-state index contributed by atoms with van der Waals surface area (Å²) in [7, 11) is 2.05. The van der Waals surface area contributed by atoms with Gasteiger partial charge in [0.2, 0.25) is 0 Å². The Hall–Kier alpha value is -1.30. The van der Waals surface area contributed by atoms with Gasteiger partial charge in [-0.25, -0.2) is 4.79 Å². The van der Waals surface area contributed by atoms with Gasteiger partial charge in [0, 0.05) is 25.7 Å². The third-order valence-electron chi connectivity index (χ3n) is 4.66. The molecular weight excluding hydrogens is 270 g/mol. The third kappa shape index (κ3) is 5.91. The standard InChI is InChI=1S/C15H29N3O3/c1-4-12(2)18(3)9-8-16-14(21)17-11-15(6-5-7-15)10-13(19)20/h12H,4-11H2,1-3H3,(H,19,20)(H2,16,17,21). The molecule has 1 rings (SSSR count). The van der Waals surface area contributed by atoms with Gasteiger partial charge in [0.1, 0.15) is 0 Å². The number of carbonyl (C=O) groups excluding carboxylic acids is 1. The first-order valence-electron chi connectivity index (χ1n) is 7.82. The Morgan fingerprint density at radius 2 is 2.00 bits per heavy atom. The lowest BCUT2D eigenvalue weighted by atomic mass is 9.66. The maximum atomic E-state index is 11.7. The molecule has 0 aromatic heterocycles. The number of carbonyl (C=O) groups is 2. The van der Waals surface area contributed by atoms with Crippen LogP contribution in [0, 0.1) is 5.41 Å². The zero-order valence-electron chi connectivity index (χ0n) is 13.4. The molecule has 1 unspecified atom stereocenters.